The van der Waals surface area contributed by atoms with Crippen LogP contribution in [0.1, 0.15) is 31.4 Å². The van der Waals surface area contributed by atoms with Crippen molar-refractivity contribution in [3.8, 4) is 0 Å². The van der Waals surface area contributed by atoms with Crippen molar-refractivity contribution in [2.24, 2.45) is 0 Å². The number of sulfonamides is 1. The number of carbonyl (C=O) groups excluding carboxylic acids is 1. The highest BCUT2D eigenvalue weighted by Gasteiger charge is 2.28. The van der Waals surface area contributed by atoms with Crippen molar-refractivity contribution in [1.29, 1.82) is 0 Å². The number of nitro groups is 1. The van der Waals surface area contributed by atoms with Crippen LogP contribution >= 0.6 is 0 Å². The van der Waals surface area contributed by atoms with E-state index in [1.807, 2.05) is 31.2 Å². The molecule has 188 valence electrons. The maximum absolute atomic E-state index is 13.4. The number of nitro benzene ring substituents is 1. The summed E-state index contributed by atoms with van der Waals surface area (Å²) in [5.74, 6) is -0.530. The topological polar surface area (TPSA) is 113 Å². The average Bonchev–Trinajstić information content (AvgIpc) is 3.43. The van der Waals surface area contributed by atoms with Crippen LogP contribution in [0.4, 0.5) is 17.1 Å². The lowest BCUT2D eigenvalue weighted by Gasteiger charge is -2.25. The molecule has 9 nitrogen and oxygen atoms in total. The summed E-state index contributed by atoms with van der Waals surface area (Å²) in [4.78, 5) is 26.0. The summed E-state index contributed by atoms with van der Waals surface area (Å²) in [6, 6.07) is 20.5. The minimum absolute atomic E-state index is 0.0187. The van der Waals surface area contributed by atoms with E-state index in [-0.39, 0.29) is 22.3 Å². The number of carbonyl (C=O) groups is 1. The van der Waals surface area contributed by atoms with E-state index >= 15 is 0 Å². The Morgan fingerprint density at radius 3 is 2.33 bits per heavy atom. The molecule has 1 amide bonds. The van der Waals surface area contributed by atoms with Crippen LogP contribution < -0.4 is 14.5 Å². The minimum atomic E-state index is -4.16. The first-order chi connectivity index (χ1) is 17.3. The van der Waals surface area contributed by atoms with Crippen molar-refractivity contribution in [2.75, 3.05) is 28.8 Å². The summed E-state index contributed by atoms with van der Waals surface area (Å²) in [5, 5.41) is 14.1. The van der Waals surface area contributed by atoms with Crippen LogP contribution in [0.5, 0.6) is 0 Å². The largest absolute Gasteiger partial charge is 0.372 e. The molecule has 0 aromatic heterocycles. The quantitative estimate of drug-likeness (QED) is 0.341. The molecule has 3 aromatic rings. The molecule has 0 bridgehead atoms. The molecule has 0 saturated carbocycles. The van der Waals surface area contributed by atoms with Crippen molar-refractivity contribution in [2.45, 2.75) is 30.7 Å². The van der Waals surface area contributed by atoms with Crippen LogP contribution in [0.3, 0.4) is 0 Å². The first-order valence-electron chi connectivity index (χ1n) is 11.7. The smallest absolute Gasteiger partial charge is 0.271 e. The van der Waals surface area contributed by atoms with Gasteiger partial charge in [0.05, 0.1) is 21.5 Å². The van der Waals surface area contributed by atoms with Gasteiger partial charge in [0.15, 0.2) is 0 Å². The number of rotatable bonds is 9. The summed E-state index contributed by atoms with van der Waals surface area (Å²) in [5.41, 5.74) is 1.79. The monoisotopic (exact) mass is 508 g/mol. The molecule has 0 radical (unpaired) electrons. The summed E-state index contributed by atoms with van der Waals surface area (Å²) in [6.07, 6.45) is 2.36. The van der Waals surface area contributed by atoms with E-state index in [2.05, 4.69) is 10.2 Å². The van der Waals surface area contributed by atoms with E-state index in [1.165, 1.54) is 43.2 Å². The van der Waals surface area contributed by atoms with Gasteiger partial charge in [-0.05, 0) is 55.7 Å². The zero-order valence-corrected chi connectivity index (χ0v) is 20.7. The van der Waals surface area contributed by atoms with Crippen molar-refractivity contribution < 1.29 is 18.1 Å². The lowest BCUT2D eigenvalue weighted by atomic mass is 10.1. The van der Waals surface area contributed by atoms with E-state index in [0.29, 0.717) is 0 Å². The zero-order valence-electron chi connectivity index (χ0n) is 19.9. The van der Waals surface area contributed by atoms with Crippen molar-refractivity contribution in [1.82, 2.24) is 5.32 Å². The van der Waals surface area contributed by atoms with E-state index in [0.717, 1.165) is 34.7 Å². The Morgan fingerprint density at radius 2 is 1.69 bits per heavy atom. The number of non-ortho nitro benzene ring substituents is 1. The molecule has 4 rings (SSSR count). The maximum atomic E-state index is 13.4. The molecule has 3 aromatic carbocycles. The molecule has 1 aliphatic rings. The fraction of sp³-hybridized carbons (Fsp3) is 0.269. The highest BCUT2D eigenvalue weighted by molar-refractivity contribution is 7.92. The number of benzene rings is 3. The van der Waals surface area contributed by atoms with Crippen LogP contribution in [0.15, 0.2) is 83.8 Å². The summed E-state index contributed by atoms with van der Waals surface area (Å²) in [6.45, 7) is 3.37. The third-order valence-corrected chi connectivity index (χ3v) is 7.98. The van der Waals surface area contributed by atoms with Gasteiger partial charge in [0.1, 0.15) is 6.54 Å². The molecular weight excluding hydrogens is 480 g/mol. The van der Waals surface area contributed by atoms with Crippen LogP contribution in [-0.2, 0) is 14.8 Å². The number of hydrogen-bond acceptors (Lipinski definition) is 6. The Morgan fingerprint density at radius 1 is 1.03 bits per heavy atom. The zero-order chi connectivity index (χ0) is 25.7. The van der Waals surface area contributed by atoms with Crippen LogP contribution in [0.25, 0.3) is 0 Å². The third kappa shape index (κ3) is 5.65. The first kappa shape index (κ1) is 25.2. The van der Waals surface area contributed by atoms with Gasteiger partial charge >= 0.3 is 0 Å². The Hall–Kier alpha value is -3.92. The lowest BCUT2D eigenvalue weighted by molar-refractivity contribution is -0.384. The fourth-order valence-corrected chi connectivity index (χ4v) is 5.68. The van der Waals surface area contributed by atoms with Crippen LogP contribution in [0, 0.1) is 10.1 Å². The van der Waals surface area contributed by atoms with Gasteiger partial charge in [-0.2, -0.15) is 0 Å². The summed E-state index contributed by atoms with van der Waals surface area (Å²) in [7, 11) is -4.16. The minimum Gasteiger partial charge on any atom is -0.372 e. The van der Waals surface area contributed by atoms with E-state index < -0.39 is 27.4 Å². The Bertz CT molecular complexity index is 1320. The van der Waals surface area contributed by atoms with Gasteiger partial charge in [-0.1, -0.05) is 36.4 Å². The average molecular weight is 509 g/mol. The Balaban J connectivity index is 1.55. The number of amides is 1. The van der Waals surface area contributed by atoms with Crippen molar-refractivity contribution >= 4 is 33.0 Å². The molecule has 1 saturated heterocycles. The molecular formula is C26H28N4O5S. The van der Waals surface area contributed by atoms with Gasteiger partial charge in [0.2, 0.25) is 5.91 Å². The van der Waals surface area contributed by atoms with Gasteiger partial charge < -0.3 is 10.2 Å². The van der Waals surface area contributed by atoms with Gasteiger partial charge in [0.25, 0.3) is 15.7 Å². The lowest BCUT2D eigenvalue weighted by Crippen LogP contribution is -2.41. The number of nitrogens with one attached hydrogen (secondary N) is 1. The van der Waals surface area contributed by atoms with Gasteiger partial charge in [0, 0.05) is 30.9 Å². The van der Waals surface area contributed by atoms with Crippen LogP contribution in [0.2, 0.25) is 0 Å². The van der Waals surface area contributed by atoms with Gasteiger partial charge in [-0.15, -0.1) is 0 Å². The third-order valence-electron chi connectivity index (χ3n) is 6.19. The predicted molar refractivity (Wildman–Crippen MR) is 139 cm³/mol. The second-order valence-corrected chi connectivity index (χ2v) is 10.5. The van der Waals surface area contributed by atoms with Crippen molar-refractivity contribution in [3.63, 3.8) is 0 Å². The Labute approximate surface area is 210 Å². The predicted octanol–water partition coefficient (Wildman–Crippen LogP) is 4.27. The van der Waals surface area contributed by atoms with E-state index in [1.54, 1.807) is 18.2 Å². The molecule has 36 heavy (non-hydrogen) atoms. The van der Waals surface area contributed by atoms with E-state index in [4.69, 9.17) is 0 Å². The van der Waals surface area contributed by atoms with Crippen molar-refractivity contribution in [3.05, 3.63) is 94.5 Å². The standard InChI is InChI=1S/C26H28N4O5S/c1-20(21-12-14-22(15-13-21)28-16-5-6-17-28)27-26(31)19-29(23-8-7-9-24(18-23)30(32)33)36(34,35)25-10-3-2-4-11-25/h2-4,7-15,18,20H,5-6,16-17,19H2,1H3,(H,27,31). The highest BCUT2D eigenvalue weighted by atomic mass is 32.2. The number of hydrogen-bond donors (Lipinski definition) is 1. The Kier molecular flexibility index (Phi) is 7.54. The van der Waals surface area contributed by atoms with Gasteiger partial charge in [-0.25, -0.2) is 8.42 Å². The van der Waals surface area contributed by atoms with E-state index in [9.17, 15) is 23.3 Å². The molecule has 0 aliphatic carbocycles. The number of anilines is 2. The molecule has 1 fully saturated rings. The fourth-order valence-electron chi connectivity index (χ4n) is 4.25. The molecule has 10 heteroatoms. The molecule has 0 spiro atoms. The van der Waals surface area contributed by atoms with Gasteiger partial charge in [-0.3, -0.25) is 19.2 Å². The molecule has 1 heterocycles. The van der Waals surface area contributed by atoms with Crippen LogP contribution in [-0.4, -0.2) is 38.9 Å². The summed E-state index contributed by atoms with van der Waals surface area (Å²) < 4.78 is 27.8. The molecule has 1 unspecified atom stereocenters. The normalized spacial score (nSPS) is 14.3. The molecule has 1 N–H and O–H groups in total. The number of nitrogens with zero attached hydrogens (tertiary/aromatic N) is 3. The molecule has 1 aliphatic heterocycles. The highest BCUT2D eigenvalue weighted by Crippen LogP contribution is 2.27. The molecule has 1 atom stereocenters. The summed E-state index contributed by atoms with van der Waals surface area (Å²) >= 11 is 0. The second-order valence-electron chi connectivity index (χ2n) is 8.68. The SMILES string of the molecule is CC(NC(=O)CN(c1cccc([N+](=O)[O-])c1)S(=O)(=O)c1ccccc1)c1ccc(N2CCCC2)cc1. The second kappa shape index (κ2) is 10.8. The first-order valence-corrected chi connectivity index (χ1v) is 13.2. The maximum Gasteiger partial charge on any atom is 0.271 e.